The van der Waals surface area contributed by atoms with E-state index < -0.39 is 0 Å². The topological polar surface area (TPSA) is 18.5 Å². The van der Waals surface area contributed by atoms with Gasteiger partial charge in [-0.2, -0.15) is 0 Å². The van der Waals surface area contributed by atoms with Crippen LogP contribution in [0, 0.1) is 5.82 Å². The van der Waals surface area contributed by atoms with Crippen LogP contribution in [-0.4, -0.2) is 51.2 Å². The Kier molecular flexibility index (Phi) is 5.16. The lowest BCUT2D eigenvalue weighted by atomic mass is 10.1. The third-order valence-electron chi connectivity index (χ3n) is 3.79. The zero-order chi connectivity index (χ0) is 13.7. The minimum Gasteiger partial charge on any atom is -0.367 e. The van der Waals surface area contributed by atoms with Crippen molar-refractivity contribution >= 4 is 5.69 Å². The maximum atomic E-state index is 13.1. The lowest BCUT2D eigenvalue weighted by Gasteiger charge is -2.33. The number of anilines is 1. The largest absolute Gasteiger partial charge is 0.367 e. The van der Waals surface area contributed by atoms with Gasteiger partial charge in [0, 0.05) is 24.8 Å². The van der Waals surface area contributed by atoms with Crippen LogP contribution in [0.15, 0.2) is 24.3 Å². The van der Waals surface area contributed by atoms with E-state index in [1.165, 1.54) is 0 Å². The van der Waals surface area contributed by atoms with E-state index in [2.05, 4.69) is 22.2 Å². The van der Waals surface area contributed by atoms with Gasteiger partial charge >= 0.3 is 0 Å². The minimum absolute atomic E-state index is 0.164. The van der Waals surface area contributed by atoms with Crippen molar-refractivity contribution in [2.45, 2.75) is 18.9 Å². The number of benzene rings is 1. The Labute approximate surface area is 115 Å². The monoisotopic (exact) mass is 265 g/mol. The molecule has 1 heterocycles. The molecule has 1 aromatic carbocycles. The highest BCUT2D eigenvalue weighted by atomic mass is 19.1. The van der Waals surface area contributed by atoms with E-state index in [4.69, 9.17) is 0 Å². The van der Waals surface area contributed by atoms with Crippen molar-refractivity contribution in [3.8, 4) is 0 Å². The molecule has 4 heteroatoms. The second-order valence-electron chi connectivity index (χ2n) is 5.33. The number of nitrogens with zero attached hydrogens (tertiary/aromatic N) is 2. The summed E-state index contributed by atoms with van der Waals surface area (Å²) in [6, 6.07) is 7.39. The van der Waals surface area contributed by atoms with Crippen molar-refractivity contribution < 1.29 is 4.39 Å². The molecular formula is C15H24FN3. The fourth-order valence-corrected chi connectivity index (χ4v) is 2.77. The molecule has 1 N–H and O–H groups in total. The quantitative estimate of drug-likeness (QED) is 0.897. The smallest absolute Gasteiger partial charge is 0.123 e. The van der Waals surface area contributed by atoms with E-state index in [0.717, 1.165) is 44.7 Å². The Bertz CT molecular complexity index is 379. The Balaban J connectivity index is 2.14. The zero-order valence-corrected chi connectivity index (χ0v) is 11.9. The molecule has 0 saturated carbocycles. The summed E-state index contributed by atoms with van der Waals surface area (Å²) in [5.41, 5.74) is 1.14. The molecule has 0 amide bonds. The number of halogens is 1. The maximum Gasteiger partial charge on any atom is 0.123 e. The molecule has 1 aliphatic heterocycles. The van der Waals surface area contributed by atoms with Crippen LogP contribution in [0.1, 0.15) is 12.8 Å². The summed E-state index contributed by atoms with van der Waals surface area (Å²) < 4.78 is 13.1. The third kappa shape index (κ3) is 3.91. The van der Waals surface area contributed by atoms with Crippen molar-refractivity contribution in [1.82, 2.24) is 10.2 Å². The molecule has 1 atom stereocenters. The van der Waals surface area contributed by atoms with E-state index in [9.17, 15) is 4.39 Å². The van der Waals surface area contributed by atoms with Gasteiger partial charge in [-0.1, -0.05) is 0 Å². The van der Waals surface area contributed by atoms with Crippen LogP contribution >= 0.6 is 0 Å². The molecule has 1 unspecified atom stereocenters. The molecule has 0 aliphatic carbocycles. The molecule has 1 aliphatic rings. The van der Waals surface area contributed by atoms with Crippen LogP contribution in [-0.2, 0) is 0 Å². The van der Waals surface area contributed by atoms with Crippen molar-refractivity contribution in [3.05, 3.63) is 30.1 Å². The molecule has 1 aromatic rings. The summed E-state index contributed by atoms with van der Waals surface area (Å²) in [5.74, 6) is -0.164. The normalized spacial score (nSPS) is 21.4. The van der Waals surface area contributed by atoms with Gasteiger partial charge in [-0.05, 0) is 64.3 Å². The fraction of sp³-hybridized carbons (Fsp3) is 0.600. The van der Waals surface area contributed by atoms with Gasteiger partial charge in [-0.25, -0.2) is 4.39 Å². The van der Waals surface area contributed by atoms with Crippen LogP contribution < -0.4 is 10.2 Å². The molecule has 0 radical (unpaired) electrons. The van der Waals surface area contributed by atoms with Crippen LogP contribution in [0.2, 0.25) is 0 Å². The highest BCUT2D eigenvalue weighted by Gasteiger charge is 2.23. The van der Waals surface area contributed by atoms with Gasteiger partial charge in [-0.15, -0.1) is 0 Å². The molecule has 0 spiro atoms. The predicted octanol–water partition coefficient (Wildman–Crippen LogP) is 1.95. The average Bonchev–Trinajstić information content (AvgIpc) is 2.59. The van der Waals surface area contributed by atoms with Gasteiger partial charge in [0.05, 0.1) is 0 Å². The fourth-order valence-electron chi connectivity index (χ4n) is 2.77. The first-order valence-corrected chi connectivity index (χ1v) is 7.06. The van der Waals surface area contributed by atoms with Crippen LogP contribution in [0.4, 0.5) is 10.1 Å². The number of likely N-dealkylation sites (N-methyl/N-ethyl adjacent to an activating group) is 1. The molecule has 1 fully saturated rings. The van der Waals surface area contributed by atoms with Gasteiger partial charge in [0.1, 0.15) is 5.82 Å². The minimum atomic E-state index is -0.164. The van der Waals surface area contributed by atoms with Gasteiger partial charge in [0.25, 0.3) is 0 Å². The van der Waals surface area contributed by atoms with E-state index >= 15 is 0 Å². The van der Waals surface area contributed by atoms with Crippen molar-refractivity contribution in [2.24, 2.45) is 0 Å². The third-order valence-corrected chi connectivity index (χ3v) is 3.79. The summed E-state index contributed by atoms with van der Waals surface area (Å²) in [6.07, 6.45) is 2.27. The number of hydrogen-bond donors (Lipinski definition) is 1. The van der Waals surface area contributed by atoms with Crippen molar-refractivity contribution in [1.29, 1.82) is 0 Å². The van der Waals surface area contributed by atoms with E-state index in [1.54, 1.807) is 12.1 Å². The Morgan fingerprint density at radius 3 is 2.68 bits per heavy atom. The molecule has 19 heavy (non-hydrogen) atoms. The van der Waals surface area contributed by atoms with Crippen LogP contribution in [0.3, 0.4) is 0 Å². The molecule has 0 bridgehead atoms. The average molecular weight is 265 g/mol. The lowest BCUT2D eigenvalue weighted by Crippen LogP contribution is -2.41. The Morgan fingerprint density at radius 1 is 1.26 bits per heavy atom. The first-order chi connectivity index (χ1) is 9.20. The second kappa shape index (κ2) is 6.87. The zero-order valence-electron chi connectivity index (χ0n) is 11.9. The molecule has 3 nitrogen and oxygen atoms in total. The maximum absolute atomic E-state index is 13.1. The van der Waals surface area contributed by atoms with Gasteiger partial charge < -0.3 is 15.1 Å². The molecule has 2 rings (SSSR count). The Hall–Kier alpha value is -1.13. The molecule has 0 aromatic heterocycles. The van der Waals surface area contributed by atoms with Crippen LogP contribution in [0.25, 0.3) is 0 Å². The standard InChI is InChI=1S/C15H24FN3/c1-17-9-8-15-12-18(2)10-3-11-19(15)14-6-4-13(16)5-7-14/h4-7,15,17H,3,8-12H2,1-2H3. The van der Waals surface area contributed by atoms with E-state index in [-0.39, 0.29) is 5.82 Å². The van der Waals surface area contributed by atoms with Gasteiger partial charge in [0.2, 0.25) is 0 Å². The summed E-state index contributed by atoms with van der Waals surface area (Å²) in [7, 11) is 4.17. The van der Waals surface area contributed by atoms with Crippen LogP contribution in [0.5, 0.6) is 0 Å². The number of nitrogens with one attached hydrogen (secondary N) is 1. The van der Waals surface area contributed by atoms with E-state index in [1.807, 2.05) is 19.2 Å². The number of hydrogen-bond acceptors (Lipinski definition) is 3. The second-order valence-corrected chi connectivity index (χ2v) is 5.33. The first-order valence-electron chi connectivity index (χ1n) is 7.06. The van der Waals surface area contributed by atoms with Gasteiger partial charge in [0.15, 0.2) is 0 Å². The molecule has 1 saturated heterocycles. The first kappa shape index (κ1) is 14.3. The molecular weight excluding hydrogens is 241 g/mol. The summed E-state index contributed by atoms with van der Waals surface area (Å²) >= 11 is 0. The highest BCUT2D eigenvalue weighted by Crippen LogP contribution is 2.22. The number of rotatable bonds is 4. The summed E-state index contributed by atoms with van der Waals surface area (Å²) in [6.45, 7) is 4.26. The predicted molar refractivity (Wildman–Crippen MR) is 78.2 cm³/mol. The summed E-state index contributed by atoms with van der Waals surface area (Å²) in [5, 5.41) is 3.23. The van der Waals surface area contributed by atoms with Crippen molar-refractivity contribution in [3.63, 3.8) is 0 Å². The SMILES string of the molecule is CNCCC1CN(C)CCCN1c1ccc(F)cc1. The van der Waals surface area contributed by atoms with E-state index in [0.29, 0.717) is 6.04 Å². The highest BCUT2D eigenvalue weighted by molar-refractivity contribution is 5.47. The lowest BCUT2D eigenvalue weighted by molar-refractivity contribution is 0.324. The summed E-state index contributed by atoms with van der Waals surface area (Å²) in [4.78, 5) is 4.82. The molecule has 106 valence electrons. The van der Waals surface area contributed by atoms with Crippen molar-refractivity contribution in [2.75, 3.05) is 45.2 Å². The van der Waals surface area contributed by atoms with Gasteiger partial charge in [-0.3, -0.25) is 0 Å². The Morgan fingerprint density at radius 2 is 2.00 bits per heavy atom.